The minimum absolute atomic E-state index is 0.0620. The third-order valence-corrected chi connectivity index (χ3v) is 6.46. The molecule has 0 saturated heterocycles. The molecule has 0 aliphatic carbocycles. The van der Waals surface area contributed by atoms with Crippen molar-refractivity contribution >= 4 is 17.9 Å². The number of terminal acetylenes is 1. The molecular formula is C31H49N3O4. The highest BCUT2D eigenvalue weighted by molar-refractivity contribution is 5.92. The normalized spacial score (nSPS) is 14.2. The van der Waals surface area contributed by atoms with E-state index in [9.17, 15) is 14.4 Å². The fourth-order valence-corrected chi connectivity index (χ4v) is 4.26. The maximum Gasteiger partial charge on any atom is 0.408 e. The van der Waals surface area contributed by atoms with Gasteiger partial charge in [-0.15, -0.1) is 6.42 Å². The number of ether oxygens (including phenoxy) is 1. The Labute approximate surface area is 230 Å². The lowest BCUT2D eigenvalue weighted by molar-refractivity contribution is -0.150. The lowest BCUT2D eigenvalue weighted by atomic mass is 9.90. The fraction of sp³-hybridized carbons (Fsp3) is 0.645. The molecular weight excluding hydrogens is 478 g/mol. The zero-order valence-electron chi connectivity index (χ0n) is 25.1. The molecule has 0 aliphatic rings. The van der Waals surface area contributed by atoms with Gasteiger partial charge < -0.3 is 20.3 Å². The highest BCUT2D eigenvalue weighted by Crippen LogP contribution is 2.33. The van der Waals surface area contributed by atoms with Gasteiger partial charge >= 0.3 is 6.09 Å². The van der Waals surface area contributed by atoms with Gasteiger partial charge in [-0.2, -0.15) is 0 Å². The van der Waals surface area contributed by atoms with Crippen LogP contribution in [-0.4, -0.2) is 46.0 Å². The number of rotatable bonds is 12. The molecule has 1 aromatic carbocycles. The van der Waals surface area contributed by atoms with Crippen LogP contribution in [0.1, 0.15) is 112 Å². The zero-order chi connectivity index (χ0) is 29.3. The highest BCUT2D eigenvalue weighted by Gasteiger charge is 2.43. The van der Waals surface area contributed by atoms with E-state index in [4.69, 9.17) is 11.2 Å². The molecule has 0 fully saturated rings. The third kappa shape index (κ3) is 10.0. The third-order valence-electron chi connectivity index (χ3n) is 6.46. The molecule has 0 bridgehead atoms. The van der Waals surface area contributed by atoms with Gasteiger partial charge in [-0.05, 0) is 84.4 Å². The first kappa shape index (κ1) is 33.0. The summed E-state index contributed by atoms with van der Waals surface area (Å²) in [7, 11) is 0. The average molecular weight is 528 g/mol. The number of hydrogen-bond donors (Lipinski definition) is 2. The summed E-state index contributed by atoms with van der Waals surface area (Å²) in [6.45, 7) is 19.2. The molecule has 3 amide bonds. The van der Waals surface area contributed by atoms with Crippen molar-refractivity contribution in [1.29, 1.82) is 0 Å². The molecule has 7 nitrogen and oxygen atoms in total. The van der Waals surface area contributed by atoms with E-state index in [0.717, 1.165) is 12.8 Å². The van der Waals surface area contributed by atoms with Crippen LogP contribution in [0.25, 0.3) is 0 Å². The predicted octanol–water partition coefficient (Wildman–Crippen LogP) is 5.97. The molecule has 3 unspecified atom stereocenters. The SMILES string of the molecule is C#Cc1ccc(C(C(=O)NC(C)CCC)N(C(=O)C(CC(C)C)NC(=O)OC(C)(C)C)C(C)(C)CC)cc1. The van der Waals surface area contributed by atoms with Gasteiger partial charge in [-0.1, -0.05) is 52.2 Å². The Morgan fingerprint density at radius 3 is 2.03 bits per heavy atom. The van der Waals surface area contributed by atoms with Crippen molar-refractivity contribution in [2.24, 2.45) is 5.92 Å². The molecule has 0 saturated carbocycles. The van der Waals surface area contributed by atoms with Gasteiger partial charge in [0.15, 0.2) is 0 Å². The molecule has 7 heteroatoms. The molecule has 0 aliphatic heterocycles. The van der Waals surface area contributed by atoms with Crippen molar-refractivity contribution in [3.05, 3.63) is 35.4 Å². The molecule has 1 rings (SSSR count). The van der Waals surface area contributed by atoms with Gasteiger partial charge in [0.2, 0.25) is 11.8 Å². The number of carbonyl (C=O) groups is 3. The topological polar surface area (TPSA) is 87.7 Å². The minimum Gasteiger partial charge on any atom is -0.444 e. The summed E-state index contributed by atoms with van der Waals surface area (Å²) in [5, 5.41) is 5.90. The number of alkyl carbamates (subject to hydrolysis) is 1. The first-order valence-corrected chi connectivity index (χ1v) is 13.8. The van der Waals surface area contributed by atoms with Crippen LogP contribution in [0.2, 0.25) is 0 Å². The number of nitrogens with one attached hydrogen (secondary N) is 2. The van der Waals surface area contributed by atoms with E-state index in [2.05, 4.69) is 23.5 Å². The van der Waals surface area contributed by atoms with E-state index in [1.807, 2.05) is 41.5 Å². The van der Waals surface area contributed by atoms with Crippen LogP contribution in [0.15, 0.2) is 24.3 Å². The van der Waals surface area contributed by atoms with Crippen molar-refractivity contribution < 1.29 is 19.1 Å². The fourth-order valence-electron chi connectivity index (χ4n) is 4.26. The van der Waals surface area contributed by atoms with Gasteiger partial charge in [0.1, 0.15) is 17.7 Å². The van der Waals surface area contributed by atoms with Crippen LogP contribution in [-0.2, 0) is 14.3 Å². The van der Waals surface area contributed by atoms with Crippen LogP contribution in [0.5, 0.6) is 0 Å². The van der Waals surface area contributed by atoms with Crippen LogP contribution in [0.3, 0.4) is 0 Å². The van der Waals surface area contributed by atoms with Crippen molar-refractivity contribution in [3.8, 4) is 12.3 Å². The van der Waals surface area contributed by atoms with Gasteiger partial charge in [0, 0.05) is 17.1 Å². The summed E-state index contributed by atoms with van der Waals surface area (Å²) in [6.07, 6.45) is 7.62. The first-order valence-electron chi connectivity index (χ1n) is 13.8. The van der Waals surface area contributed by atoms with E-state index in [1.54, 1.807) is 49.9 Å². The molecule has 0 spiro atoms. The average Bonchev–Trinajstić information content (AvgIpc) is 2.80. The van der Waals surface area contributed by atoms with Crippen LogP contribution < -0.4 is 10.6 Å². The molecule has 3 atom stereocenters. The van der Waals surface area contributed by atoms with Gasteiger partial charge in [-0.3, -0.25) is 9.59 Å². The monoisotopic (exact) mass is 527 g/mol. The van der Waals surface area contributed by atoms with Crippen molar-refractivity contribution in [3.63, 3.8) is 0 Å². The summed E-state index contributed by atoms with van der Waals surface area (Å²) in [5.41, 5.74) is -0.0817. The Morgan fingerprint density at radius 2 is 1.58 bits per heavy atom. The van der Waals surface area contributed by atoms with E-state index in [-0.39, 0.29) is 23.8 Å². The predicted molar refractivity (Wildman–Crippen MR) is 153 cm³/mol. The number of carbonyl (C=O) groups excluding carboxylic acids is 3. The first-order chi connectivity index (χ1) is 17.6. The smallest absolute Gasteiger partial charge is 0.408 e. The second-order valence-corrected chi connectivity index (χ2v) is 12.1. The summed E-state index contributed by atoms with van der Waals surface area (Å²) in [5.74, 6) is 2.11. The Morgan fingerprint density at radius 1 is 1.00 bits per heavy atom. The summed E-state index contributed by atoms with van der Waals surface area (Å²) in [4.78, 5) is 42.7. The lowest BCUT2D eigenvalue weighted by Gasteiger charge is -2.45. The van der Waals surface area contributed by atoms with Crippen LogP contribution >= 0.6 is 0 Å². The van der Waals surface area contributed by atoms with E-state index >= 15 is 0 Å². The van der Waals surface area contributed by atoms with Gasteiger partial charge in [-0.25, -0.2) is 4.79 Å². The zero-order valence-corrected chi connectivity index (χ0v) is 25.1. The quantitative estimate of drug-likeness (QED) is 0.328. The Hall–Kier alpha value is -3.01. The summed E-state index contributed by atoms with van der Waals surface area (Å²) in [6, 6.07) is 5.30. The molecule has 0 aromatic heterocycles. The Balaban J connectivity index is 3.67. The second-order valence-electron chi connectivity index (χ2n) is 12.1. The lowest BCUT2D eigenvalue weighted by Crippen LogP contribution is -2.60. The molecule has 0 radical (unpaired) electrons. The van der Waals surface area contributed by atoms with Crippen molar-refractivity contribution in [2.45, 2.75) is 124 Å². The van der Waals surface area contributed by atoms with Gasteiger partial charge in [0.25, 0.3) is 0 Å². The molecule has 38 heavy (non-hydrogen) atoms. The number of benzene rings is 1. The largest absolute Gasteiger partial charge is 0.444 e. The number of nitrogens with zero attached hydrogens (tertiary/aromatic N) is 1. The highest BCUT2D eigenvalue weighted by atomic mass is 16.6. The molecule has 0 heterocycles. The second kappa shape index (κ2) is 14.2. The Kier molecular flexibility index (Phi) is 12.4. The van der Waals surface area contributed by atoms with E-state index in [1.165, 1.54) is 0 Å². The van der Waals surface area contributed by atoms with E-state index < -0.39 is 29.3 Å². The van der Waals surface area contributed by atoms with E-state index in [0.29, 0.717) is 24.0 Å². The number of amides is 3. The summed E-state index contributed by atoms with van der Waals surface area (Å²) < 4.78 is 5.47. The Bertz CT molecular complexity index is 970. The minimum atomic E-state index is -0.918. The molecule has 1 aromatic rings. The van der Waals surface area contributed by atoms with Crippen LogP contribution in [0, 0.1) is 18.3 Å². The number of hydrogen-bond acceptors (Lipinski definition) is 4. The maximum absolute atomic E-state index is 14.4. The van der Waals surface area contributed by atoms with Crippen molar-refractivity contribution in [1.82, 2.24) is 15.5 Å². The van der Waals surface area contributed by atoms with Crippen molar-refractivity contribution in [2.75, 3.05) is 0 Å². The van der Waals surface area contributed by atoms with Gasteiger partial charge in [0.05, 0.1) is 0 Å². The standard InChI is InChI=1S/C31H49N3O4/c1-12-15-22(6)32-27(35)26(24-18-16-23(13-2)17-19-24)34(31(10,11)14-3)28(36)25(20-21(4)5)33-29(37)38-30(7,8)9/h2,16-19,21-22,25-26H,12,14-15,20H2,1,3-11H3,(H,32,35)(H,33,37). The molecule has 212 valence electrons. The summed E-state index contributed by atoms with van der Waals surface area (Å²) >= 11 is 0. The van der Waals surface area contributed by atoms with Crippen LogP contribution in [0.4, 0.5) is 4.79 Å². The molecule has 2 N–H and O–H groups in total. The maximum atomic E-state index is 14.4.